The van der Waals surface area contributed by atoms with Crippen molar-refractivity contribution in [1.29, 1.82) is 0 Å². The molecule has 0 aliphatic carbocycles. The Morgan fingerprint density at radius 1 is 1.07 bits per heavy atom. The second-order valence-corrected chi connectivity index (χ2v) is 6.68. The third-order valence-electron chi connectivity index (χ3n) is 4.84. The number of furan rings is 1. The Labute approximate surface area is 162 Å². The highest BCUT2D eigenvalue weighted by Gasteiger charge is 2.23. The van der Waals surface area contributed by atoms with Gasteiger partial charge in [0.15, 0.2) is 0 Å². The standard InChI is InChI=1S/C20H22N4O4/c1-26-20(25)16-7-12-27-17(16)13-23-8-10-24(11-9-23)14-18-21-19(22-28-18)15-5-3-2-4-6-15/h2-7,12H,8-11,13-14H2,1H3. The number of benzene rings is 1. The van der Waals surface area contributed by atoms with Crippen LogP contribution >= 0.6 is 0 Å². The van der Waals surface area contributed by atoms with Crippen LogP contribution in [0.5, 0.6) is 0 Å². The predicted octanol–water partition coefficient (Wildman–Crippen LogP) is 2.43. The van der Waals surface area contributed by atoms with Gasteiger partial charge in [-0.3, -0.25) is 9.80 Å². The van der Waals surface area contributed by atoms with E-state index in [0.717, 1.165) is 31.7 Å². The van der Waals surface area contributed by atoms with E-state index >= 15 is 0 Å². The fourth-order valence-corrected chi connectivity index (χ4v) is 3.28. The van der Waals surface area contributed by atoms with Crippen molar-refractivity contribution in [2.24, 2.45) is 0 Å². The van der Waals surface area contributed by atoms with Crippen LogP contribution in [0.3, 0.4) is 0 Å². The van der Waals surface area contributed by atoms with Crippen molar-refractivity contribution in [1.82, 2.24) is 19.9 Å². The van der Waals surface area contributed by atoms with Crippen molar-refractivity contribution in [3.8, 4) is 11.4 Å². The molecule has 8 heteroatoms. The van der Waals surface area contributed by atoms with Crippen LogP contribution in [0.1, 0.15) is 22.0 Å². The monoisotopic (exact) mass is 382 g/mol. The normalized spacial score (nSPS) is 15.6. The largest absolute Gasteiger partial charge is 0.467 e. The molecule has 3 aromatic rings. The lowest BCUT2D eigenvalue weighted by Gasteiger charge is -2.33. The lowest BCUT2D eigenvalue weighted by atomic mass is 10.2. The molecule has 146 valence electrons. The van der Waals surface area contributed by atoms with Crippen LogP contribution < -0.4 is 0 Å². The Balaban J connectivity index is 1.30. The topological polar surface area (TPSA) is 84.8 Å². The molecule has 0 saturated carbocycles. The number of hydrogen-bond acceptors (Lipinski definition) is 8. The molecule has 0 amide bonds. The number of esters is 1. The number of aromatic nitrogens is 2. The van der Waals surface area contributed by atoms with Crippen molar-refractivity contribution >= 4 is 5.97 Å². The zero-order valence-corrected chi connectivity index (χ0v) is 15.7. The summed E-state index contributed by atoms with van der Waals surface area (Å²) in [6.45, 7) is 4.68. The zero-order valence-electron chi connectivity index (χ0n) is 15.7. The summed E-state index contributed by atoms with van der Waals surface area (Å²) in [6.07, 6.45) is 1.53. The minimum Gasteiger partial charge on any atom is -0.467 e. The molecule has 1 aromatic carbocycles. The van der Waals surface area contributed by atoms with Gasteiger partial charge in [-0.2, -0.15) is 4.98 Å². The summed E-state index contributed by atoms with van der Waals surface area (Å²) in [5.41, 5.74) is 1.44. The molecule has 4 rings (SSSR count). The Morgan fingerprint density at radius 3 is 2.50 bits per heavy atom. The van der Waals surface area contributed by atoms with Crippen LogP contribution in [-0.4, -0.2) is 59.2 Å². The fourth-order valence-electron chi connectivity index (χ4n) is 3.28. The maximum Gasteiger partial charge on any atom is 0.341 e. The van der Waals surface area contributed by atoms with E-state index < -0.39 is 0 Å². The van der Waals surface area contributed by atoms with Gasteiger partial charge in [-0.15, -0.1) is 0 Å². The molecule has 0 spiro atoms. The fraction of sp³-hybridized carbons (Fsp3) is 0.350. The van der Waals surface area contributed by atoms with Crippen molar-refractivity contribution in [3.05, 3.63) is 59.9 Å². The number of ether oxygens (including phenoxy) is 1. The maximum atomic E-state index is 11.8. The first-order valence-electron chi connectivity index (χ1n) is 9.20. The molecule has 0 unspecified atom stereocenters. The molecule has 1 fully saturated rings. The highest BCUT2D eigenvalue weighted by atomic mass is 16.5. The maximum absolute atomic E-state index is 11.8. The number of rotatable bonds is 6. The van der Waals surface area contributed by atoms with Gasteiger partial charge in [-0.05, 0) is 6.07 Å². The van der Waals surface area contributed by atoms with Crippen molar-refractivity contribution in [2.45, 2.75) is 13.1 Å². The molecular formula is C20H22N4O4. The number of hydrogen-bond donors (Lipinski definition) is 0. The third-order valence-corrected chi connectivity index (χ3v) is 4.84. The van der Waals surface area contributed by atoms with Gasteiger partial charge in [0.05, 0.1) is 26.5 Å². The van der Waals surface area contributed by atoms with Gasteiger partial charge in [0.2, 0.25) is 11.7 Å². The molecule has 2 aromatic heterocycles. The molecule has 28 heavy (non-hydrogen) atoms. The van der Waals surface area contributed by atoms with E-state index in [0.29, 0.717) is 36.1 Å². The molecule has 0 bridgehead atoms. The second kappa shape index (κ2) is 8.37. The average Bonchev–Trinajstić information content (AvgIpc) is 3.39. The number of methoxy groups -OCH3 is 1. The van der Waals surface area contributed by atoms with E-state index in [1.165, 1.54) is 13.4 Å². The van der Waals surface area contributed by atoms with Crippen molar-refractivity contribution in [2.75, 3.05) is 33.3 Å². The molecule has 1 aliphatic heterocycles. The highest BCUT2D eigenvalue weighted by Crippen LogP contribution is 2.18. The predicted molar refractivity (Wildman–Crippen MR) is 100 cm³/mol. The molecule has 3 heterocycles. The first-order valence-corrected chi connectivity index (χ1v) is 9.20. The molecule has 0 radical (unpaired) electrons. The number of carbonyl (C=O) groups excluding carboxylic acids is 1. The van der Waals surface area contributed by atoms with Gasteiger partial charge >= 0.3 is 5.97 Å². The van der Waals surface area contributed by atoms with Crippen LogP contribution in [0, 0.1) is 0 Å². The molecule has 8 nitrogen and oxygen atoms in total. The number of carbonyl (C=O) groups is 1. The summed E-state index contributed by atoms with van der Waals surface area (Å²) < 4.78 is 15.7. The average molecular weight is 382 g/mol. The Hall–Kier alpha value is -2.97. The Bertz CT molecular complexity index is 913. The van der Waals surface area contributed by atoms with E-state index in [1.807, 2.05) is 30.3 Å². The summed E-state index contributed by atoms with van der Waals surface area (Å²) in [5, 5.41) is 4.07. The van der Waals surface area contributed by atoms with Crippen LogP contribution in [-0.2, 0) is 17.8 Å². The molecule has 1 saturated heterocycles. The smallest absolute Gasteiger partial charge is 0.341 e. The summed E-state index contributed by atoms with van der Waals surface area (Å²) >= 11 is 0. The highest BCUT2D eigenvalue weighted by molar-refractivity contribution is 5.90. The Kier molecular flexibility index (Phi) is 5.50. The quantitative estimate of drug-likeness (QED) is 0.601. The summed E-state index contributed by atoms with van der Waals surface area (Å²) in [7, 11) is 1.37. The minimum atomic E-state index is -0.368. The van der Waals surface area contributed by atoms with Crippen LogP contribution in [0.2, 0.25) is 0 Å². The van der Waals surface area contributed by atoms with Gasteiger partial charge < -0.3 is 13.7 Å². The van der Waals surface area contributed by atoms with E-state index in [9.17, 15) is 4.79 Å². The zero-order chi connectivity index (χ0) is 19.3. The molecule has 0 N–H and O–H groups in total. The Morgan fingerprint density at radius 2 is 1.79 bits per heavy atom. The lowest BCUT2D eigenvalue weighted by Crippen LogP contribution is -2.45. The molecular weight excluding hydrogens is 360 g/mol. The SMILES string of the molecule is COC(=O)c1ccoc1CN1CCN(Cc2nc(-c3ccccc3)no2)CC1. The van der Waals surface area contributed by atoms with E-state index in [4.69, 9.17) is 13.7 Å². The number of nitrogens with zero attached hydrogens (tertiary/aromatic N) is 4. The van der Waals surface area contributed by atoms with E-state index in [2.05, 4.69) is 19.9 Å². The number of piperazine rings is 1. The second-order valence-electron chi connectivity index (χ2n) is 6.68. The third kappa shape index (κ3) is 4.13. The lowest BCUT2D eigenvalue weighted by molar-refractivity contribution is 0.0593. The first-order chi connectivity index (χ1) is 13.7. The van der Waals surface area contributed by atoms with Crippen LogP contribution in [0.4, 0.5) is 0 Å². The van der Waals surface area contributed by atoms with Crippen LogP contribution in [0.25, 0.3) is 11.4 Å². The van der Waals surface area contributed by atoms with Gasteiger partial charge in [0, 0.05) is 31.7 Å². The van der Waals surface area contributed by atoms with Gasteiger partial charge in [0.1, 0.15) is 11.3 Å². The molecule has 0 atom stereocenters. The molecule has 1 aliphatic rings. The van der Waals surface area contributed by atoms with Crippen molar-refractivity contribution < 1.29 is 18.5 Å². The van der Waals surface area contributed by atoms with Crippen molar-refractivity contribution in [3.63, 3.8) is 0 Å². The van der Waals surface area contributed by atoms with E-state index in [1.54, 1.807) is 6.07 Å². The minimum absolute atomic E-state index is 0.368. The van der Waals surface area contributed by atoms with E-state index in [-0.39, 0.29) is 5.97 Å². The van der Waals surface area contributed by atoms with Gasteiger partial charge in [-0.1, -0.05) is 35.5 Å². The van der Waals surface area contributed by atoms with Gasteiger partial charge in [-0.25, -0.2) is 4.79 Å². The summed E-state index contributed by atoms with van der Waals surface area (Å²) in [6, 6.07) is 11.4. The van der Waals surface area contributed by atoms with Gasteiger partial charge in [0.25, 0.3) is 0 Å². The summed E-state index contributed by atoms with van der Waals surface area (Å²) in [5.74, 6) is 1.51. The first kappa shape index (κ1) is 18.4. The summed E-state index contributed by atoms with van der Waals surface area (Å²) in [4.78, 5) is 20.8. The van der Waals surface area contributed by atoms with Crippen LogP contribution in [0.15, 0.2) is 51.6 Å².